The van der Waals surface area contributed by atoms with Gasteiger partial charge in [0.1, 0.15) is 0 Å². The van der Waals surface area contributed by atoms with Crippen LogP contribution < -0.4 is 11.1 Å². The van der Waals surface area contributed by atoms with Gasteiger partial charge in [0.2, 0.25) is 0 Å². The maximum absolute atomic E-state index is 12.2. The lowest BCUT2D eigenvalue weighted by atomic mass is 9.85. The molecule has 174 valence electrons. The first-order valence-electron chi connectivity index (χ1n) is 12.4. The van der Waals surface area contributed by atoms with Crippen molar-refractivity contribution in [1.29, 1.82) is 0 Å². The summed E-state index contributed by atoms with van der Waals surface area (Å²) in [6.07, 6.45) is 8.16. The summed E-state index contributed by atoms with van der Waals surface area (Å²) in [5.74, 6) is -0.373. The normalized spacial score (nSPS) is 23.1. The average Bonchev–Trinajstić information content (AvgIpc) is 3.18. The van der Waals surface area contributed by atoms with Crippen LogP contribution in [0.2, 0.25) is 0 Å². The fourth-order valence-electron chi connectivity index (χ4n) is 6.07. The summed E-state index contributed by atoms with van der Waals surface area (Å²) in [5.41, 5.74) is 13.5. The highest BCUT2D eigenvalue weighted by molar-refractivity contribution is 6.11. The Morgan fingerprint density at radius 2 is 1.76 bits per heavy atom. The maximum Gasteiger partial charge on any atom is 0.250 e. The predicted molar refractivity (Wildman–Crippen MR) is 136 cm³/mol. The van der Waals surface area contributed by atoms with Crippen LogP contribution in [0.3, 0.4) is 0 Å². The van der Waals surface area contributed by atoms with Crippen LogP contribution >= 0.6 is 0 Å². The van der Waals surface area contributed by atoms with E-state index < -0.39 is 0 Å². The maximum atomic E-state index is 12.2. The zero-order valence-electron chi connectivity index (χ0n) is 20.1. The summed E-state index contributed by atoms with van der Waals surface area (Å²) >= 11 is 0. The monoisotopic (exact) mass is 444 g/mol. The van der Waals surface area contributed by atoms with Crippen molar-refractivity contribution in [2.24, 2.45) is 5.73 Å². The molecular weight excluding hydrogens is 408 g/mol. The van der Waals surface area contributed by atoms with E-state index in [0.717, 1.165) is 30.8 Å². The van der Waals surface area contributed by atoms with Crippen LogP contribution in [0.5, 0.6) is 0 Å². The minimum absolute atomic E-state index is 0.373. The molecule has 5 heteroatoms. The van der Waals surface area contributed by atoms with E-state index in [4.69, 9.17) is 5.73 Å². The third-order valence-corrected chi connectivity index (χ3v) is 7.94. The number of primary amides is 1. The van der Waals surface area contributed by atoms with Crippen molar-refractivity contribution in [3.8, 4) is 11.1 Å². The van der Waals surface area contributed by atoms with Crippen LogP contribution in [0.25, 0.3) is 22.0 Å². The molecule has 2 aliphatic carbocycles. The molecule has 1 atom stereocenters. The van der Waals surface area contributed by atoms with Crippen molar-refractivity contribution >= 4 is 16.8 Å². The fraction of sp³-hybridized carbons (Fsp3) is 0.464. The molecule has 4 N–H and O–H groups in total. The van der Waals surface area contributed by atoms with Crippen molar-refractivity contribution in [3.63, 3.8) is 0 Å². The van der Waals surface area contributed by atoms with Crippen LogP contribution in [0, 0.1) is 6.92 Å². The molecule has 1 heterocycles. The highest BCUT2D eigenvalue weighted by Gasteiger charge is 2.29. The second kappa shape index (κ2) is 8.96. The molecule has 0 spiro atoms. The zero-order valence-corrected chi connectivity index (χ0v) is 20.1. The first-order chi connectivity index (χ1) is 15.9. The number of amides is 1. The molecule has 3 aromatic rings. The summed E-state index contributed by atoms with van der Waals surface area (Å²) in [5, 5.41) is 5.18. The van der Waals surface area contributed by atoms with Gasteiger partial charge in [-0.15, -0.1) is 0 Å². The van der Waals surface area contributed by atoms with E-state index in [1.165, 1.54) is 59.0 Å². The largest absolute Gasteiger partial charge is 0.366 e. The number of nitrogens with two attached hydrogens (primary N) is 1. The number of nitrogens with one attached hydrogen (secondary N) is 2. The molecule has 5 nitrogen and oxygen atoms in total. The second-order valence-corrected chi connectivity index (χ2v) is 10.2. The number of nitrogens with zero attached hydrogens (tertiary/aromatic N) is 1. The van der Waals surface area contributed by atoms with E-state index in [1.54, 1.807) is 0 Å². The third-order valence-electron chi connectivity index (χ3n) is 7.94. The first-order valence-corrected chi connectivity index (χ1v) is 12.4. The van der Waals surface area contributed by atoms with Crippen molar-refractivity contribution < 1.29 is 4.79 Å². The Labute approximate surface area is 196 Å². The molecular formula is C28H36N4O. The Morgan fingerprint density at radius 3 is 2.45 bits per heavy atom. The molecule has 0 bridgehead atoms. The molecule has 0 saturated heterocycles. The van der Waals surface area contributed by atoms with Crippen molar-refractivity contribution in [2.45, 2.75) is 70.0 Å². The van der Waals surface area contributed by atoms with Crippen LogP contribution in [0.4, 0.5) is 0 Å². The fourth-order valence-corrected chi connectivity index (χ4v) is 6.07. The molecule has 5 rings (SSSR count). The topological polar surface area (TPSA) is 74.1 Å². The van der Waals surface area contributed by atoms with Gasteiger partial charge in [-0.2, -0.15) is 0 Å². The number of fused-ring (bicyclic) bond motifs is 3. The van der Waals surface area contributed by atoms with Gasteiger partial charge in [0.05, 0.1) is 11.1 Å². The minimum Gasteiger partial charge on any atom is -0.366 e. The molecule has 0 aliphatic heterocycles. The summed E-state index contributed by atoms with van der Waals surface area (Å²) in [4.78, 5) is 18.2. The number of hydrogen-bond donors (Lipinski definition) is 3. The smallest absolute Gasteiger partial charge is 0.250 e. The zero-order chi connectivity index (χ0) is 23.1. The van der Waals surface area contributed by atoms with E-state index in [0.29, 0.717) is 17.6 Å². The Bertz CT molecular complexity index is 1170. The molecule has 1 fully saturated rings. The predicted octanol–water partition coefficient (Wildman–Crippen LogP) is 4.56. The Kier molecular flexibility index (Phi) is 6.02. The van der Waals surface area contributed by atoms with Gasteiger partial charge in [-0.3, -0.25) is 4.79 Å². The van der Waals surface area contributed by atoms with Gasteiger partial charge in [-0.05, 0) is 94.3 Å². The van der Waals surface area contributed by atoms with Gasteiger partial charge in [-0.25, -0.2) is 0 Å². The molecule has 0 radical (unpaired) electrons. The number of aromatic amines is 1. The number of carbonyl (C=O) groups excluding carboxylic acids is 1. The van der Waals surface area contributed by atoms with Gasteiger partial charge in [0.25, 0.3) is 5.91 Å². The van der Waals surface area contributed by atoms with Crippen molar-refractivity contribution in [1.82, 2.24) is 15.2 Å². The summed E-state index contributed by atoms with van der Waals surface area (Å²) in [7, 11) is 4.40. The number of H-pyrrole nitrogens is 1. The molecule has 2 aromatic carbocycles. The summed E-state index contributed by atoms with van der Waals surface area (Å²) in [6.45, 7) is 2.15. The highest BCUT2D eigenvalue weighted by atomic mass is 16.1. The summed E-state index contributed by atoms with van der Waals surface area (Å²) in [6, 6.07) is 14.3. The number of aromatic nitrogens is 1. The molecule has 1 saturated carbocycles. The van der Waals surface area contributed by atoms with Gasteiger partial charge in [0.15, 0.2) is 0 Å². The van der Waals surface area contributed by atoms with E-state index in [2.05, 4.69) is 66.6 Å². The van der Waals surface area contributed by atoms with E-state index in [-0.39, 0.29) is 5.91 Å². The van der Waals surface area contributed by atoms with Gasteiger partial charge in [-0.1, -0.05) is 30.3 Å². The quantitative estimate of drug-likeness (QED) is 0.540. The first kappa shape index (κ1) is 22.2. The van der Waals surface area contributed by atoms with Crippen LogP contribution in [0.1, 0.15) is 59.3 Å². The molecule has 1 unspecified atom stereocenters. The van der Waals surface area contributed by atoms with Gasteiger partial charge < -0.3 is 20.9 Å². The number of carbonyl (C=O) groups is 1. The van der Waals surface area contributed by atoms with Gasteiger partial charge in [0, 0.05) is 29.2 Å². The van der Waals surface area contributed by atoms with E-state index >= 15 is 0 Å². The molecule has 1 amide bonds. The van der Waals surface area contributed by atoms with Crippen molar-refractivity contribution in [2.75, 3.05) is 14.1 Å². The lowest BCUT2D eigenvalue weighted by Crippen LogP contribution is -2.45. The van der Waals surface area contributed by atoms with Crippen molar-refractivity contribution in [3.05, 3.63) is 58.8 Å². The molecule has 2 aliphatic rings. The summed E-state index contributed by atoms with van der Waals surface area (Å²) < 4.78 is 0. The Morgan fingerprint density at radius 1 is 1.00 bits per heavy atom. The second-order valence-electron chi connectivity index (χ2n) is 10.2. The van der Waals surface area contributed by atoms with Gasteiger partial charge >= 0.3 is 0 Å². The van der Waals surface area contributed by atoms with E-state index in [9.17, 15) is 4.79 Å². The third kappa shape index (κ3) is 4.20. The van der Waals surface area contributed by atoms with Crippen LogP contribution in [0.15, 0.2) is 36.4 Å². The lowest BCUT2D eigenvalue weighted by Gasteiger charge is -2.36. The highest BCUT2D eigenvalue weighted by Crippen LogP contribution is 2.39. The number of rotatable bonds is 5. The van der Waals surface area contributed by atoms with E-state index in [1.807, 2.05) is 6.07 Å². The number of benzene rings is 2. The Hall–Kier alpha value is -2.63. The molecule has 33 heavy (non-hydrogen) atoms. The number of aryl methyl sites for hydroxylation is 2. The average molecular weight is 445 g/mol. The minimum atomic E-state index is -0.373. The standard InChI is InChI=1S/C28H36N4O/c1-17-6-4-5-7-21(17)22-13-14-23(28(29)33)27-26(22)24-16-19(10-15-25(24)31-27)30-18-8-11-20(12-9-18)32(2)3/h4-7,13-14,18-20,30-31H,8-12,15-16H2,1-3H3,(H2,29,33). The SMILES string of the molecule is Cc1ccccc1-c1ccc(C(N)=O)c2[nH]c3c(c12)CC(NC1CCC(N(C)C)CC1)CC3. The van der Waals surface area contributed by atoms with Crippen LogP contribution in [-0.2, 0) is 12.8 Å². The number of hydrogen-bond acceptors (Lipinski definition) is 3. The Balaban J connectivity index is 1.48. The lowest BCUT2D eigenvalue weighted by molar-refractivity contribution is 0.100. The van der Waals surface area contributed by atoms with Crippen LogP contribution in [-0.4, -0.2) is 48.0 Å². The molecule has 1 aromatic heterocycles.